The third kappa shape index (κ3) is 14.0. The van der Waals surface area contributed by atoms with Crippen LogP contribution in [0.3, 0.4) is 0 Å². The number of amides is 2. The minimum Gasteiger partial charge on any atom is -0.366 e. The Morgan fingerprint density at radius 3 is 1.96 bits per heavy atom. The number of nitrogens with two attached hydrogens (primary N) is 2. The van der Waals surface area contributed by atoms with Crippen molar-refractivity contribution in [3.05, 3.63) is 75.0 Å². The smallest absolute Gasteiger partial charge is 0.248 e. The largest absolute Gasteiger partial charge is 0.366 e. The van der Waals surface area contributed by atoms with Crippen molar-refractivity contribution in [2.24, 2.45) is 11.5 Å². The van der Waals surface area contributed by atoms with Crippen LogP contribution in [0.4, 0.5) is 29.2 Å². The minimum atomic E-state index is -0.519. The van der Waals surface area contributed by atoms with Crippen LogP contribution in [0.2, 0.25) is 15.9 Å². The van der Waals surface area contributed by atoms with E-state index in [0.29, 0.717) is 40.4 Å². The number of halogens is 3. The quantitative estimate of drug-likeness (QED) is 0.132. The Balaban J connectivity index is 0.000000245. The lowest BCUT2D eigenvalue weighted by Gasteiger charge is -2.27. The van der Waals surface area contributed by atoms with Gasteiger partial charge < -0.3 is 42.1 Å². The van der Waals surface area contributed by atoms with E-state index >= 15 is 0 Å². The van der Waals surface area contributed by atoms with Crippen LogP contribution in [0.15, 0.2) is 42.5 Å². The molecule has 0 saturated carbocycles. The predicted octanol–water partition coefficient (Wildman–Crippen LogP) is 5.16. The number of hydrogen-bond donors (Lipinski definition) is 5. The van der Waals surface area contributed by atoms with E-state index in [1.54, 1.807) is 42.5 Å². The van der Waals surface area contributed by atoms with Crippen LogP contribution >= 0.6 is 34.8 Å². The van der Waals surface area contributed by atoms with E-state index in [4.69, 9.17) is 46.3 Å². The van der Waals surface area contributed by atoms with Crippen LogP contribution in [0.25, 0.3) is 0 Å². The minimum absolute atomic E-state index is 0. The third-order valence-electron chi connectivity index (χ3n) is 8.64. The van der Waals surface area contributed by atoms with Crippen LogP contribution < -0.4 is 32.3 Å². The fourth-order valence-corrected chi connectivity index (χ4v) is 6.45. The maximum absolute atomic E-state index is 11.3. The number of rotatable bonds is 11. The number of benzene rings is 2. The van der Waals surface area contributed by atoms with E-state index in [1.165, 1.54) is 19.5 Å². The summed E-state index contributed by atoms with van der Waals surface area (Å²) in [4.78, 5) is 53.6. The zero-order valence-electron chi connectivity index (χ0n) is 31.0. The topological polar surface area (TPSA) is 209 Å². The third-order valence-corrected chi connectivity index (χ3v) is 9.14. The second-order valence-electron chi connectivity index (χ2n) is 12.8. The standard InChI is InChI=1S/C17H22ClN7O.C11H9Cl2N5O.C7H16N2.CH4/c1-3-25(13-7-8-24(2)10-13)17-22-15(18)21-16(23-17)20-12-6-4-5-11(9-12)14(19)26;1-5-2-3-6(8(14)19)4-7(5)15-11-17-9(12)16-10(13)18-11;1-3-8-7-4-5-9(2)6-7;/h4-6,9,13H,3,7-8,10H2,1-2H3,(H2,19,26)(H,20,21,22,23);2-4H,1H3,(H2,14,19)(H,15,16,17,18);7-8H,3-6H2,1-2H3;1H4/t13-;;7-;/m1.1./s1. The van der Waals surface area contributed by atoms with Crippen LogP contribution in [0.1, 0.15) is 60.4 Å². The highest BCUT2D eigenvalue weighted by Gasteiger charge is 2.27. The van der Waals surface area contributed by atoms with Gasteiger partial charge in [-0.05, 0) is 131 Å². The van der Waals surface area contributed by atoms with Gasteiger partial charge in [0.15, 0.2) is 0 Å². The zero-order valence-corrected chi connectivity index (χ0v) is 33.3. The number of nitrogens with one attached hydrogen (secondary N) is 3. The molecule has 6 rings (SSSR count). The van der Waals surface area contributed by atoms with Gasteiger partial charge in [0.2, 0.25) is 45.5 Å². The fourth-order valence-electron chi connectivity index (χ4n) is 5.93. The summed E-state index contributed by atoms with van der Waals surface area (Å²) in [6.07, 6.45) is 2.38. The summed E-state index contributed by atoms with van der Waals surface area (Å²) in [6.45, 7) is 12.5. The molecule has 0 spiro atoms. The van der Waals surface area contributed by atoms with Gasteiger partial charge in [0.25, 0.3) is 0 Å². The molecule has 16 nitrogen and oxygen atoms in total. The maximum atomic E-state index is 11.3. The molecular weight excluding hydrogens is 767 g/mol. The molecule has 7 N–H and O–H groups in total. The molecule has 2 amide bonds. The number of nitrogens with zero attached hydrogens (tertiary/aromatic N) is 9. The molecule has 2 atom stereocenters. The summed E-state index contributed by atoms with van der Waals surface area (Å²) < 4.78 is 0. The van der Waals surface area contributed by atoms with Crippen molar-refractivity contribution in [2.75, 3.05) is 68.9 Å². The summed E-state index contributed by atoms with van der Waals surface area (Å²) >= 11 is 17.5. The molecule has 2 aliphatic heterocycles. The molecule has 0 unspecified atom stereocenters. The molecule has 0 aliphatic carbocycles. The van der Waals surface area contributed by atoms with E-state index in [1.807, 2.05) is 6.92 Å². The number of likely N-dealkylation sites (N-methyl/N-ethyl adjacent to an activating group) is 4. The molecular formula is C36H51Cl3N14O2. The average molecular weight is 818 g/mol. The fraction of sp³-hybridized carbons (Fsp3) is 0.444. The van der Waals surface area contributed by atoms with Crippen LogP contribution in [-0.2, 0) is 0 Å². The average Bonchev–Trinajstić information content (AvgIpc) is 3.73. The first kappa shape index (κ1) is 44.9. The van der Waals surface area contributed by atoms with Gasteiger partial charge in [-0.3, -0.25) is 9.59 Å². The molecule has 0 bridgehead atoms. The molecule has 2 saturated heterocycles. The highest BCUT2D eigenvalue weighted by atomic mass is 35.5. The van der Waals surface area contributed by atoms with Gasteiger partial charge in [-0.25, -0.2) is 0 Å². The van der Waals surface area contributed by atoms with Crippen molar-refractivity contribution in [2.45, 2.75) is 53.1 Å². The summed E-state index contributed by atoms with van der Waals surface area (Å²) in [6, 6.07) is 12.9. The molecule has 4 aromatic rings. The number of carbonyl (C=O) groups excluding carboxylic acids is 2. The number of aryl methyl sites for hydroxylation is 1. The lowest BCUT2D eigenvalue weighted by atomic mass is 10.1. The van der Waals surface area contributed by atoms with Crippen molar-refractivity contribution in [3.63, 3.8) is 0 Å². The molecule has 2 aromatic heterocycles. The Hall–Kier alpha value is -4.45. The van der Waals surface area contributed by atoms with Crippen molar-refractivity contribution >= 4 is 75.8 Å². The number of carbonyl (C=O) groups is 2. The maximum Gasteiger partial charge on any atom is 0.248 e. The monoisotopic (exact) mass is 816 g/mol. The molecule has 55 heavy (non-hydrogen) atoms. The summed E-state index contributed by atoms with van der Waals surface area (Å²) in [5, 5.41) is 9.49. The van der Waals surface area contributed by atoms with Gasteiger partial charge in [0, 0.05) is 54.2 Å². The van der Waals surface area contributed by atoms with E-state index in [2.05, 4.69) is 88.5 Å². The van der Waals surface area contributed by atoms with Crippen molar-refractivity contribution in [1.82, 2.24) is 45.0 Å². The highest BCUT2D eigenvalue weighted by molar-refractivity contribution is 6.31. The summed E-state index contributed by atoms with van der Waals surface area (Å²) in [5.41, 5.74) is 13.5. The molecule has 298 valence electrons. The van der Waals surface area contributed by atoms with Crippen molar-refractivity contribution in [3.8, 4) is 0 Å². The summed E-state index contributed by atoms with van der Waals surface area (Å²) in [5.74, 6) is 0.0442. The van der Waals surface area contributed by atoms with Crippen LogP contribution in [0.5, 0.6) is 0 Å². The van der Waals surface area contributed by atoms with E-state index in [-0.39, 0.29) is 29.2 Å². The molecule has 2 aromatic carbocycles. The molecule has 2 aliphatic rings. The van der Waals surface area contributed by atoms with Gasteiger partial charge in [0.1, 0.15) is 0 Å². The van der Waals surface area contributed by atoms with Gasteiger partial charge in [0.05, 0.1) is 0 Å². The second kappa shape index (κ2) is 21.6. The van der Waals surface area contributed by atoms with Crippen LogP contribution in [0, 0.1) is 6.92 Å². The summed E-state index contributed by atoms with van der Waals surface area (Å²) in [7, 11) is 4.28. The Kier molecular flexibility index (Phi) is 17.6. The Morgan fingerprint density at radius 1 is 0.800 bits per heavy atom. The second-order valence-corrected chi connectivity index (χ2v) is 13.8. The van der Waals surface area contributed by atoms with E-state index < -0.39 is 11.8 Å². The number of hydrogen-bond acceptors (Lipinski definition) is 14. The van der Waals surface area contributed by atoms with Gasteiger partial charge in [-0.1, -0.05) is 26.5 Å². The highest BCUT2D eigenvalue weighted by Crippen LogP contribution is 2.24. The number of aromatic nitrogens is 6. The zero-order chi connectivity index (χ0) is 39.4. The normalized spacial score (nSPS) is 16.5. The Labute approximate surface area is 337 Å². The van der Waals surface area contributed by atoms with Crippen molar-refractivity contribution in [1.29, 1.82) is 0 Å². The van der Waals surface area contributed by atoms with Gasteiger partial charge in [-0.2, -0.15) is 29.9 Å². The predicted molar refractivity (Wildman–Crippen MR) is 221 cm³/mol. The number of primary amides is 2. The lowest BCUT2D eigenvalue weighted by Crippen LogP contribution is -2.38. The first-order valence-corrected chi connectivity index (χ1v) is 18.6. The first-order valence-electron chi connectivity index (χ1n) is 17.4. The van der Waals surface area contributed by atoms with E-state index in [0.717, 1.165) is 44.2 Å². The van der Waals surface area contributed by atoms with Gasteiger partial charge >= 0.3 is 0 Å². The molecule has 2 fully saturated rings. The van der Waals surface area contributed by atoms with E-state index in [9.17, 15) is 9.59 Å². The molecule has 19 heteroatoms. The lowest BCUT2D eigenvalue weighted by molar-refractivity contribution is 0.0992. The number of anilines is 5. The molecule has 4 heterocycles. The SMILES string of the molecule is C.CCN(c1nc(Cl)nc(Nc2cccc(C(N)=O)c2)n1)[C@@H]1CCN(C)C1.CCN[C@@H]1CCN(C)C1.Cc1ccc(C(N)=O)cc1Nc1nc(Cl)nc(Cl)n1. The van der Waals surface area contributed by atoms with Crippen molar-refractivity contribution < 1.29 is 9.59 Å². The van der Waals surface area contributed by atoms with Crippen LogP contribution in [-0.4, -0.2) is 117 Å². The van der Waals surface area contributed by atoms with Gasteiger partial charge in [-0.15, -0.1) is 0 Å². The molecule has 0 radical (unpaired) electrons. The first-order chi connectivity index (χ1) is 25.7. The Morgan fingerprint density at radius 2 is 1.40 bits per heavy atom. The Bertz CT molecular complexity index is 1870. The number of likely N-dealkylation sites (tertiary alicyclic amines) is 2.